The fourth-order valence-corrected chi connectivity index (χ4v) is 5.48. The number of hydrogen-bond donors (Lipinski definition) is 2. The topological polar surface area (TPSA) is 142 Å². The number of aromatic nitrogens is 1. The summed E-state index contributed by atoms with van der Waals surface area (Å²) in [4.78, 5) is 20.0. The van der Waals surface area contributed by atoms with Crippen molar-refractivity contribution in [2.75, 3.05) is 33.1 Å². The van der Waals surface area contributed by atoms with Crippen molar-refractivity contribution in [3.05, 3.63) is 48.2 Å². The first-order chi connectivity index (χ1) is 17.7. The van der Waals surface area contributed by atoms with E-state index < -0.39 is 16.1 Å². The molecule has 12 heteroatoms. The minimum absolute atomic E-state index is 0.0140. The Kier molecular flexibility index (Phi) is 8.42. The summed E-state index contributed by atoms with van der Waals surface area (Å²) in [5, 5.41) is 1.61. The van der Waals surface area contributed by atoms with Gasteiger partial charge in [-0.3, -0.25) is 15.5 Å². The van der Waals surface area contributed by atoms with Gasteiger partial charge in [0, 0.05) is 30.1 Å². The monoisotopic (exact) mass is 547 g/mol. The van der Waals surface area contributed by atoms with Crippen LogP contribution < -0.4 is 15.2 Å². The Morgan fingerprint density at radius 2 is 1.97 bits per heavy atom. The van der Waals surface area contributed by atoms with Gasteiger partial charge in [0.25, 0.3) is 0 Å². The molecule has 0 radical (unpaired) electrons. The number of aliphatic imine (C=N–C) groups is 1. The first kappa shape index (κ1) is 27.0. The molecule has 0 saturated carbocycles. The number of carbonyl (C=O) groups excluding carboxylic acids is 1. The molecule has 2 unspecified atom stereocenters. The number of benzene rings is 2. The quantitative estimate of drug-likeness (QED) is 0.272. The van der Waals surface area contributed by atoms with Crippen molar-refractivity contribution in [1.29, 1.82) is 0 Å². The van der Waals surface area contributed by atoms with E-state index in [0.29, 0.717) is 42.3 Å². The molecule has 2 heterocycles. The molecule has 37 heavy (non-hydrogen) atoms. The number of fused-ring (bicyclic) bond motifs is 1. The summed E-state index contributed by atoms with van der Waals surface area (Å²) in [5.74, 6) is 1.17. The van der Waals surface area contributed by atoms with Gasteiger partial charge in [-0.1, -0.05) is 11.8 Å². The molecule has 0 aliphatic carbocycles. The number of rotatable bonds is 11. The number of nitrogens with zero attached hydrogens (tertiary/aromatic N) is 1. The van der Waals surface area contributed by atoms with Gasteiger partial charge in [0.05, 0.1) is 42.3 Å². The maximum Gasteiger partial charge on any atom is 0.306 e. The number of esters is 1. The van der Waals surface area contributed by atoms with Gasteiger partial charge in [-0.25, -0.2) is 8.42 Å². The Balaban J connectivity index is 1.61. The number of ether oxygens (including phenoxy) is 4. The van der Waals surface area contributed by atoms with Gasteiger partial charge in [-0.15, -0.1) is 0 Å². The Bertz CT molecular complexity index is 1400. The van der Waals surface area contributed by atoms with Crippen LogP contribution >= 0.6 is 11.8 Å². The Morgan fingerprint density at radius 3 is 2.65 bits per heavy atom. The lowest BCUT2D eigenvalue weighted by Gasteiger charge is -2.15. The minimum atomic E-state index is -3.31. The summed E-state index contributed by atoms with van der Waals surface area (Å²) >= 11 is 1.52. The zero-order chi connectivity index (χ0) is 26.6. The number of nitrogens with one attached hydrogen (secondary N) is 1. The van der Waals surface area contributed by atoms with E-state index in [1.807, 2.05) is 12.1 Å². The third kappa shape index (κ3) is 6.83. The highest BCUT2D eigenvalue weighted by Crippen LogP contribution is 2.36. The van der Waals surface area contributed by atoms with E-state index in [-0.39, 0.29) is 22.7 Å². The van der Waals surface area contributed by atoms with Crippen molar-refractivity contribution >= 4 is 43.5 Å². The van der Waals surface area contributed by atoms with Crippen molar-refractivity contribution in [2.24, 2.45) is 10.7 Å². The number of thioether (sulfide) groups is 1. The highest BCUT2D eigenvalue weighted by molar-refractivity contribution is 8.15. The molecule has 10 nitrogen and oxygen atoms in total. The van der Waals surface area contributed by atoms with Crippen LogP contribution in [0.3, 0.4) is 0 Å². The van der Waals surface area contributed by atoms with E-state index in [4.69, 9.17) is 24.7 Å². The van der Waals surface area contributed by atoms with Crippen LogP contribution in [-0.4, -0.2) is 69.0 Å². The summed E-state index contributed by atoms with van der Waals surface area (Å²) < 4.78 is 45.6. The van der Waals surface area contributed by atoms with Crippen LogP contribution in [0.25, 0.3) is 10.9 Å². The summed E-state index contributed by atoms with van der Waals surface area (Å²) in [6, 6.07) is 11.6. The molecule has 0 saturated heterocycles. The second-order valence-corrected chi connectivity index (χ2v) is 11.7. The Morgan fingerprint density at radius 1 is 1.22 bits per heavy atom. The summed E-state index contributed by atoms with van der Waals surface area (Å²) in [7, 11) is -1.78. The van der Waals surface area contributed by atoms with Gasteiger partial charge >= 0.3 is 5.97 Å². The van der Waals surface area contributed by atoms with E-state index in [2.05, 4.69) is 9.98 Å². The lowest BCUT2D eigenvalue weighted by atomic mass is 10.2. The Labute approximate surface area is 219 Å². The second-order valence-electron chi connectivity index (χ2n) is 8.42. The third-order valence-electron chi connectivity index (χ3n) is 5.41. The zero-order valence-electron chi connectivity index (χ0n) is 20.7. The molecule has 0 amide bonds. The number of carbonyl (C=O) groups is 1. The predicted octanol–water partition coefficient (Wildman–Crippen LogP) is 3.49. The molecule has 1 aliphatic rings. The van der Waals surface area contributed by atoms with Gasteiger partial charge in [0.1, 0.15) is 22.3 Å². The van der Waals surface area contributed by atoms with Crippen LogP contribution in [0.15, 0.2) is 52.4 Å². The van der Waals surface area contributed by atoms with Crippen LogP contribution in [0.2, 0.25) is 0 Å². The molecule has 1 aromatic heterocycles. The van der Waals surface area contributed by atoms with Gasteiger partial charge in [-0.05, 0) is 43.3 Å². The predicted molar refractivity (Wildman–Crippen MR) is 142 cm³/mol. The molecule has 2 aromatic carbocycles. The molecule has 0 fully saturated rings. The van der Waals surface area contributed by atoms with E-state index in [1.165, 1.54) is 31.0 Å². The van der Waals surface area contributed by atoms with Crippen molar-refractivity contribution in [3.8, 4) is 17.2 Å². The smallest absolute Gasteiger partial charge is 0.306 e. The van der Waals surface area contributed by atoms with Crippen molar-refractivity contribution in [2.45, 2.75) is 29.7 Å². The fourth-order valence-electron chi connectivity index (χ4n) is 3.78. The van der Waals surface area contributed by atoms with Crippen LogP contribution in [0.1, 0.15) is 19.0 Å². The van der Waals surface area contributed by atoms with Crippen molar-refractivity contribution < 1.29 is 32.2 Å². The molecule has 198 valence electrons. The van der Waals surface area contributed by atoms with Crippen LogP contribution in [0.5, 0.6) is 17.2 Å². The lowest BCUT2D eigenvalue weighted by molar-refractivity contribution is -0.143. The van der Waals surface area contributed by atoms with Crippen LogP contribution in [0.4, 0.5) is 0 Å². The first-order valence-electron chi connectivity index (χ1n) is 11.6. The van der Waals surface area contributed by atoms with E-state index in [0.717, 1.165) is 22.4 Å². The molecule has 1 aliphatic heterocycles. The number of hydrogen-bond acceptors (Lipinski definition) is 10. The van der Waals surface area contributed by atoms with Crippen LogP contribution in [0, 0.1) is 0 Å². The van der Waals surface area contributed by atoms with Crippen LogP contribution in [-0.2, 0) is 24.1 Å². The molecular formula is C25H29N3O7S2. The fraction of sp³-hybridized carbons (Fsp3) is 0.360. The van der Waals surface area contributed by atoms with E-state index >= 15 is 0 Å². The van der Waals surface area contributed by atoms with Gasteiger partial charge in [0.2, 0.25) is 0 Å². The number of sulfone groups is 1. The van der Waals surface area contributed by atoms with E-state index in [1.54, 1.807) is 25.1 Å². The standard InChI is InChI=1S/C25H29N3O7S2/c1-4-33-23(29)12-18-13-27-25(36-18)20-10-15-9-17(11-21(24(15)28-20)35-22(26)14-32-2)34-16-5-7-19(8-6-16)37(3,30)31/h5-11,18,22,28H,4,12-14,26H2,1-3H3. The summed E-state index contributed by atoms with van der Waals surface area (Å²) in [6.45, 7) is 2.85. The normalized spacial score (nSPS) is 16.4. The van der Waals surface area contributed by atoms with Crippen molar-refractivity contribution in [1.82, 2.24) is 4.98 Å². The highest BCUT2D eigenvalue weighted by Gasteiger charge is 2.25. The average molecular weight is 548 g/mol. The molecule has 0 bridgehead atoms. The van der Waals surface area contributed by atoms with Gasteiger partial charge < -0.3 is 23.9 Å². The number of nitrogens with two attached hydrogens (primary N) is 1. The highest BCUT2D eigenvalue weighted by atomic mass is 32.2. The lowest BCUT2D eigenvalue weighted by Crippen LogP contribution is -2.32. The number of H-pyrrole nitrogens is 1. The molecular weight excluding hydrogens is 518 g/mol. The molecule has 4 rings (SSSR count). The second kappa shape index (κ2) is 11.5. The number of methoxy groups -OCH3 is 1. The maximum atomic E-state index is 11.9. The largest absolute Gasteiger partial charge is 0.471 e. The molecule has 3 aromatic rings. The molecule has 3 N–H and O–H groups in total. The van der Waals surface area contributed by atoms with Crippen molar-refractivity contribution in [3.63, 3.8) is 0 Å². The van der Waals surface area contributed by atoms with E-state index in [9.17, 15) is 13.2 Å². The molecule has 0 spiro atoms. The Hall–Kier alpha value is -3.06. The molecule has 2 atom stereocenters. The summed E-state index contributed by atoms with van der Waals surface area (Å²) in [6.07, 6.45) is 0.734. The SMILES string of the molecule is CCOC(=O)CC1CN=C(c2cc3cc(Oc4ccc(S(C)(=O)=O)cc4)cc(OC(N)COC)c3[nH]2)S1. The average Bonchev–Trinajstić information content (AvgIpc) is 3.46. The third-order valence-corrected chi connectivity index (χ3v) is 7.76. The summed E-state index contributed by atoms with van der Waals surface area (Å²) in [5.41, 5.74) is 7.55. The maximum absolute atomic E-state index is 11.9. The number of aromatic amines is 1. The first-order valence-corrected chi connectivity index (χ1v) is 14.4. The minimum Gasteiger partial charge on any atom is -0.471 e. The zero-order valence-corrected chi connectivity index (χ0v) is 22.4. The van der Waals surface area contributed by atoms with Gasteiger partial charge in [-0.2, -0.15) is 0 Å². The van der Waals surface area contributed by atoms with Gasteiger partial charge in [0.15, 0.2) is 16.1 Å².